The van der Waals surface area contributed by atoms with E-state index in [-0.39, 0.29) is 37.0 Å². The van der Waals surface area contributed by atoms with Crippen LogP contribution in [0.25, 0.3) is 0 Å². The predicted molar refractivity (Wildman–Crippen MR) is 31.2 cm³/mol. The molecule has 1 N–H and O–H groups in total. The summed E-state index contributed by atoms with van der Waals surface area (Å²) in [4.78, 5) is 14.8. The van der Waals surface area contributed by atoms with Gasteiger partial charge in [-0.2, -0.15) is 5.48 Å². The maximum absolute atomic E-state index is 10.4. The van der Waals surface area contributed by atoms with Gasteiger partial charge in [0.05, 0.1) is 0 Å². The normalized spacial score (nSPS) is 7.78. The average molecular weight is 141 g/mol. The largest absolute Gasteiger partial charge is 1.00 e. The molecule has 0 fully saturated rings. The Bertz CT molecular complexity index is 74.0. The van der Waals surface area contributed by atoms with Crippen LogP contribution in [-0.2, 0) is 9.63 Å². The van der Waals surface area contributed by atoms with Gasteiger partial charge >= 0.3 is 35.5 Å². The smallest absolute Gasteiger partial charge is 1.00 e. The van der Waals surface area contributed by atoms with Gasteiger partial charge in [0.1, 0.15) is 0 Å². The van der Waals surface area contributed by atoms with Crippen molar-refractivity contribution in [2.45, 2.75) is 19.8 Å². The molecule has 0 heterocycles. The van der Waals surface area contributed by atoms with Crippen LogP contribution in [0.5, 0.6) is 0 Å². The summed E-state index contributed by atoms with van der Waals surface area (Å²) in [6.45, 7) is 1.93. The van der Waals surface area contributed by atoms with Crippen molar-refractivity contribution < 1.29 is 40.6 Å². The molecule has 0 bridgehead atoms. The van der Waals surface area contributed by atoms with Crippen molar-refractivity contribution >= 4 is 5.97 Å². The fourth-order valence-corrected chi connectivity index (χ4v) is 0.369. The molecule has 0 spiro atoms. The number of carbonyl (C=O) groups is 1. The summed E-state index contributed by atoms with van der Waals surface area (Å²) in [5.74, 6) is -0.199. The molecule has 0 atom stereocenters. The van der Waals surface area contributed by atoms with Crippen molar-refractivity contribution in [2.75, 3.05) is 7.05 Å². The van der Waals surface area contributed by atoms with Gasteiger partial charge in [-0.05, 0) is 6.42 Å². The van der Waals surface area contributed by atoms with Gasteiger partial charge in [0, 0.05) is 13.5 Å². The van der Waals surface area contributed by atoms with Crippen LogP contribution in [0.3, 0.4) is 0 Å². The van der Waals surface area contributed by atoms with Crippen LogP contribution >= 0.6 is 0 Å². The Morgan fingerprint density at radius 2 is 2.33 bits per heavy atom. The predicted octanol–water partition coefficient (Wildman–Crippen LogP) is -2.42. The molecule has 0 rings (SSSR count). The molecule has 0 aromatic carbocycles. The van der Waals surface area contributed by atoms with E-state index in [9.17, 15) is 4.79 Å². The molecule has 0 amide bonds. The van der Waals surface area contributed by atoms with Crippen LogP contribution in [0.4, 0.5) is 0 Å². The molecule has 0 aromatic rings. The number of nitrogens with one attached hydrogen (secondary N) is 1. The molecule has 0 aliphatic rings. The van der Waals surface area contributed by atoms with Crippen molar-refractivity contribution in [3.05, 3.63) is 0 Å². The van der Waals surface area contributed by atoms with Crippen LogP contribution in [0, 0.1) is 0 Å². The van der Waals surface area contributed by atoms with Crippen molar-refractivity contribution in [2.24, 2.45) is 0 Å². The minimum Gasteiger partial charge on any atom is -1.00 e. The summed E-state index contributed by atoms with van der Waals surface area (Å²) >= 11 is 0. The standard InChI is InChI=1S/C5H11NO2.Na.H/c1-3-4-5(7)8-6-2;;/h6H,3-4H2,1-2H3;;/q;+1;-1. The van der Waals surface area contributed by atoms with Gasteiger partial charge in [0.15, 0.2) is 0 Å². The van der Waals surface area contributed by atoms with Gasteiger partial charge in [-0.1, -0.05) is 6.92 Å². The minimum absolute atomic E-state index is 0. The molecule has 0 aliphatic heterocycles. The van der Waals surface area contributed by atoms with E-state index in [4.69, 9.17) is 0 Å². The molecular formula is C5H12NNaO2. The van der Waals surface area contributed by atoms with E-state index in [0.29, 0.717) is 6.42 Å². The Hall–Kier alpha value is 0.430. The first-order chi connectivity index (χ1) is 3.81. The SMILES string of the molecule is CCCC(=O)ONC.[H-].[Na+]. The third-order valence-electron chi connectivity index (χ3n) is 0.670. The van der Waals surface area contributed by atoms with E-state index in [0.717, 1.165) is 6.42 Å². The third kappa shape index (κ3) is 8.43. The van der Waals surface area contributed by atoms with Crippen LogP contribution in [0.1, 0.15) is 21.2 Å². The fourth-order valence-electron chi connectivity index (χ4n) is 0.369. The summed E-state index contributed by atoms with van der Waals surface area (Å²) < 4.78 is 0. The molecule has 4 heteroatoms. The zero-order chi connectivity index (χ0) is 6.41. The summed E-state index contributed by atoms with van der Waals surface area (Å²) in [7, 11) is 1.56. The van der Waals surface area contributed by atoms with Gasteiger partial charge in [0.2, 0.25) is 0 Å². The van der Waals surface area contributed by atoms with Crippen LogP contribution in [0.15, 0.2) is 0 Å². The van der Waals surface area contributed by atoms with Gasteiger partial charge < -0.3 is 6.26 Å². The topological polar surface area (TPSA) is 38.3 Å². The first kappa shape index (κ1) is 12.1. The zero-order valence-corrected chi connectivity index (χ0v) is 8.23. The van der Waals surface area contributed by atoms with E-state index in [1.807, 2.05) is 6.92 Å². The van der Waals surface area contributed by atoms with E-state index >= 15 is 0 Å². The zero-order valence-electron chi connectivity index (χ0n) is 7.23. The minimum atomic E-state index is -0.199. The number of rotatable bonds is 3. The summed E-state index contributed by atoms with van der Waals surface area (Å²) in [6.07, 6.45) is 1.32. The average Bonchev–Trinajstić information content (AvgIpc) is 1.68. The molecule has 0 unspecified atom stereocenters. The summed E-state index contributed by atoms with van der Waals surface area (Å²) in [5, 5.41) is 0. The molecular weight excluding hydrogens is 129 g/mol. The van der Waals surface area contributed by atoms with Gasteiger partial charge in [-0.15, -0.1) is 0 Å². The quantitative estimate of drug-likeness (QED) is 0.351. The van der Waals surface area contributed by atoms with Crippen molar-refractivity contribution in [1.82, 2.24) is 5.48 Å². The Kier molecular flexibility index (Phi) is 11.4. The maximum atomic E-state index is 10.4. The van der Waals surface area contributed by atoms with Crippen molar-refractivity contribution in [1.29, 1.82) is 0 Å². The number of carbonyl (C=O) groups excluding carboxylic acids is 1. The number of hydroxylamine groups is 1. The van der Waals surface area contributed by atoms with Crippen LogP contribution < -0.4 is 35.0 Å². The van der Waals surface area contributed by atoms with Crippen molar-refractivity contribution in [3.63, 3.8) is 0 Å². The van der Waals surface area contributed by atoms with E-state index < -0.39 is 0 Å². The Morgan fingerprint density at radius 3 is 2.67 bits per heavy atom. The molecule has 3 nitrogen and oxygen atoms in total. The molecule has 0 radical (unpaired) electrons. The number of hydrogen-bond acceptors (Lipinski definition) is 3. The molecule has 0 aromatic heterocycles. The molecule has 9 heavy (non-hydrogen) atoms. The van der Waals surface area contributed by atoms with Gasteiger partial charge in [0.25, 0.3) is 0 Å². The van der Waals surface area contributed by atoms with E-state index in [1.54, 1.807) is 7.05 Å². The second-order valence-electron chi connectivity index (χ2n) is 1.43. The Balaban J connectivity index is -0.000000245. The first-order valence-corrected chi connectivity index (χ1v) is 2.67. The van der Waals surface area contributed by atoms with E-state index in [1.165, 1.54) is 0 Å². The molecule has 0 saturated carbocycles. The second kappa shape index (κ2) is 8.43. The molecule has 50 valence electrons. The van der Waals surface area contributed by atoms with Gasteiger partial charge in [-0.3, -0.25) is 4.79 Å². The molecule has 0 saturated heterocycles. The second-order valence-corrected chi connectivity index (χ2v) is 1.43. The summed E-state index contributed by atoms with van der Waals surface area (Å²) in [6, 6.07) is 0. The fraction of sp³-hybridized carbons (Fsp3) is 0.800. The number of hydrogen-bond donors (Lipinski definition) is 1. The summed E-state index contributed by atoms with van der Waals surface area (Å²) in [5.41, 5.74) is 2.30. The van der Waals surface area contributed by atoms with Crippen LogP contribution in [0.2, 0.25) is 0 Å². The van der Waals surface area contributed by atoms with E-state index in [2.05, 4.69) is 10.3 Å². The maximum Gasteiger partial charge on any atom is 1.00 e. The third-order valence-corrected chi connectivity index (χ3v) is 0.670. The van der Waals surface area contributed by atoms with Gasteiger partial charge in [-0.25, -0.2) is 0 Å². The Labute approximate surface area is 78.9 Å². The monoisotopic (exact) mass is 141 g/mol. The first-order valence-electron chi connectivity index (χ1n) is 2.67. The van der Waals surface area contributed by atoms with Crippen LogP contribution in [-0.4, -0.2) is 13.0 Å². The van der Waals surface area contributed by atoms with Crippen molar-refractivity contribution in [3.8, 4) is 0 Å². The Morgan fingerprint density at radius 1 is 1.78 bits per heavy atom. The molecule has 0 aliphatic carbocycles.